The van der Waals surface area contributed by atoms with E-state index in [2.05, 4.69) is 37.4 Å². The zero-order chi connectivity index (χ0) is 20.2. The number of rotatable bonds is 4. The Kier molecular flexibility index (Phi) is 5.69. The van der Waals surface area contributed by atoms with E-state index in [4.69, 9.17) is 19.2 Å². The van der Waals surface area contributed by atoms with Crippen molar-refractivity contribution >= 4 is 11.9 Å². The molecule has 6 nitrogen and oxygen atoms in total. The van der Waals surface area contributed by atoms with Crippen molar-refractivity contribution < 1.29 is 19.0 Å². The Bertz CT molecular complexity index is 923. The first-order valence-corrected chi connectivity index (χ1v) is 10.1. The van der Waals surface area contributed by atoms with E-state index in [1.807, 2.05) is 6.07 Å². The standard InChI is InChI=1S/C23H26N2O4/c1-15(2)13-27-23(24-19-9-5-7-16-6-3-4-8-18(16)19)25-22(26)17-10-11-20-21(12-17)29-14-28-20/h3-4,6,8,10-12,15,19H,5,7,9,13-14H2,1-2H3,(H,24,25,26)/t19-/m1/s1. The molecule has 1 aliphatic carbocycles. The lowest BCUT2D eigenvalue weighted by Crippen LogP contribution is -2.34. The molecule has 0 saturated heterocycles. The number of fused-ring (bicyclic) bond motifs is 2. The van der Waals surface area contributed by atoms with Gasteiger partial charge >= 0.3 is 0 Å². The summed E-state index contributed by atoms with van der Waals surface area (Å²) in [5.74, 6) is 1.25. The van der Waals surface area contributed by atoms with Crippen LogP contribution in [0.1, 0.15) is 54.2 Å². The molecule has 0 bridgehead atoms. The van der Waals surface area contributed by atoms with Crippen molar-refractivity contribution in [3.63, 3.8) is 0 Å². The lowest BCUT2D eigenvalue weighted by Gasteiger charge is -2.23. The second-order valence-corrected chi connectivity index (χ2v) is 7.77. The van der Waals surface area contributed by atoms with Crippen molar-refractivity contribution in [2.24, 2.45) is 10.9 Å². The van der Waals surface area contributed by atoms with Gasteiger partial charge in [0, 0.05) is 5.56 Å². The Morgan fingerprint density at radius 3 is 2.90 bits per heavy atom. The van der Waals surface area contributed by atoms with Gasteiger partial charge in [0.2, 0.25) is 6.79 Å². The Labute approximate surface area is 170 Å². The van der Waals surface area contributed by atoms with Gasteiger partial charge in [0.1, 0.15) is 0 Å². The van der Waals surface area contributed by atoms with Crippen LogP contribution in [0.25, 0.3) is 0 Å². The summed E-state index contributed by atoms with van der Waals surface area (Å²) < 4.78 is 16.5. The molecule has 2 aromatic rings. The summed E-state index contributed by atoms with van der Waals surface area (Å²) in [6.07, 6.45) is 3.07. The summed E-state index contributed by atoms with van der Waals surface area (Å²) in [6.45, 7) is 4.78. The monoisotopic (exact) mass is 394 g/mol. The van der Waals surface area contributed by atoms with Crippen LogP contribution < -0.4 is 14.8 Å². The Hall–Kier alpha value is -3.02. The molecule has 2 aliphatic rings. The molecule has 4 rings (SSSR count). The highest BCUT2D eigenvalue weighted by Gasteiger charge is 2.22. The summed E-state index contributed by atoms with van der Waals surface area (Å²) in [6, 6.07) is 13.7. The van der Waals surface area contributed by atoms with Gasteiger partial charge in [-0.15, -0.1) is 0 Å². The van der Waals surface area contributed by atoms with Gasteiger partial charge in [0.25, 0.3) is 11.9 Å². The number of aryl methyl sites for hydroxylation is 1. The van der Waals surface area contributed by atoms with Gasteiger partial charge in [0.15, 0.2) is 11.5 Å². The van der Waals surface area contributed by atoms with Crippen LogP contribution in [0.3, 0.4) is 0 Å². The second kappa shape index (κ2) is 8.55. The number of aliphatic imine (C=N–C) groups is 1. The van der Waals surface area contributed by atoms with E-state index in [-0.39, 0.29) is 24.8 Å². The fraction of sp³-hybridized carbons (Fsp3) is 0.391. The number of benzene rings is 2. The summed E-state index contributed by atoms with van der Waals surface area (Å²) in [5, 5.41) is 2.85. The van der Waals surface area contributed by atoms with Crippen molar-refractivity contribution in [3.8, 4) is 11.5 Å². The first-order valence-electron chi connectivity index (χ1n) is 10.1. The highest BCUT2D eigenvalue weighted by atomic mass is 16.7. The van der Waals surface area contributed by atoms with E-state index < -0.39 is 0 Å². The van der Waals surface area contributed by atoms with Crippen LogP contribution in [0.15, 0.2) is 47.5 Å². The fourth-order valence-corrected chi connectivity index (χ4v) is 3.56. The zero-order valence-corrected chi connectivity index (χ0v) is 16.8. The lowest BCUT2D eigenvalue weighted by atomic mass is 9.88. The minimum atomic E-state index is -0.282. The van der Waals surface area contributed by atoms with Gasteiger partial charge in [-0.1, -0.05) is 38.1 Å². The average Bonchev–Trinajstić information content (AvgIpc) is 3.20. The van der Waals surface area contributed by atoms with Crippen LogP contribution in [-0.4, -0.2) is 25.3 Å². The first kappa shape index (κ1) is 19.3. The van der Waals surface area contributed by atoms with Crippen LogP contribution in [-0.2, 0) is 11.2 Å². The number of hydrogen-bond acceptors (Lipinski definition) is 5. The molecule has 2 aromatic carbocycles. The molecule has 0 unspecified atom stereocenters. The predicted octanol–water partition coefficient (Wildman–Crippen LogP) is 4.25. The molecule has 0 saturated carbocycles. The summed E-state index contributed by atoms with van der Waals surface area (Å²) in [7, 11) is 0. The molecule has 1 aliphatic heterocycles. The smallest absolute Gasteiger partial charge is 0.292 e. The summed E-state index contributed by atoms with van der Waals surface area (Å²) >= 11 is 0. The number of carbonyl (C=O) groups is 1. The van der Waals surface area contributed by atoms with E-state index in [1.54, 1.807) is 18.2 Å². The van der Waals surface area contributed by atoms with Gasteiger partial charge < -0.3 is 14.2 Å². The molecule has 0 aromatic heterocycles. The van der Waals surface area contributed by atoms with Crippen molar-refractivity contribution in [3.05, 3.63) is 59.2 Å². The molecular weight excluding hydrogens is 368 g/mol. The summed E-state index contributed by atoms with van der Waals surface area (Å²) in [4.78, 5) is 17.6. The molecule has 6 heteroatoms. The number of nitrogens with one attached hydrogen (secondary N) is 1. The number of ether oxygens (including phenoxy) is 3. The third kappa shape index (κ3) is 4.53. The fourth-order valence-electron chi connectivity index (χ4n) is 3.56. The number of amidine groups is 1. The highest BCUT2D eigenvalue weighted by Crippen LogP contribution is 2.33. The highest BCUT2D eigenvalue weighted by molar-refractivity contribution is 6.04. The van der Waals surface area contributed by atoms with E-state index in [1.165, 1.54) is 11.1 Å². The third-order valence-electron chi connectivity index (χ3n) is 5.02. The largest absolute Gasteiger partial charge is 0.465 e. The molecule has 0 fully saturated rings. The molecule has 1 N–H and O–H groups in total. The third-order valence-corrected chi connectivity index (χ3v) is 5.02. The normalized spacial score (nSPS) is 17.8. The topological polar surface area (TPSA) is 69.2 Å². The molecule has 1 amide bonds. The van der Waals surface area contributed by atoms with E-state index in [9.17, 15) is 4.79 Å². The molecule has 0 radical (unpaired) electrons. The maximum Gasteiger partial charge on any atom is 0.292 e. The van der Waals surface area contributed by atoms with Crippen LogP contribution in [0.5, 0.6) is 11.5 Å². The number of hydrogen-bond donors (Lipinski definition) is 1. The molecule has 1 heterocycles. The molecule has 1 atom stereocenters. The van der Waals surface area contributed by atoms with Crippen LogP contribution in [0.2, 0.25) is 0 Å². The van der Waals surface area contributed by atoms with Gasteiger partial charge in [-0.25, -0.2) is 4.99 Å². The van der Waals surface area contributed by atoms with Gasteiger partial charge in [-0.2, -0.15) is 0 Å². The maximum absolute atomic E-state index is 12.8. The number of amides is 1. The van der Waals surface area contributed by atoms with Gasteiger partial charge in [0.05, 0.1) is 12.6 Å². The van der Waals surface area contributed by atoms with Crippen molar-refractivity contribution in [2.75, 3.05) is 13.4 Å². The number of nitrogens with zero attached hydrogens (tertiary/aromatic N) is 1. The Morgan fingerprint density at radius 1 is 1.21 bits per heavy atom. The number of carbonyl (C=O) groups excluding carboxylic acids is 1. The van der Waals surface area contributed by atoms with E-state index in [0.29, 0.717) is 29.6 Å². The van der Waals surface area contributed by atoms with Crippen LogP contribution in [0.4, 0.5) is 0 Å². The van der Waals surface area contributed by atoms with Crippen molar-refractivity contribution in [2.45, 2.75) is 39.2 Å². The van der Waals surface area contributed by atoms with Crippen LogP contribution >= 0.6 is 0 Å². The summed E-state index contributed by atoms with van der Waals surface area (Å²) in [5.41, 5.74) is 3.00. The SMILES string of the molecule is CC(C)COC(=N[C@@H]1CCCc2ccccc21)NC(=O)c1ccc2c(c1)OCO2. The molecule has 29 heavy (non-hydrogen) atoms. The minimum Gasteiger partial charge on any atom is -0.465 e. The Balaban J connectivity index is 1.56. The van der Waals surface area contributed by atoms with Crippen LogP contribution in [0, 0.1) is 5.92 Å². The molecular formula is C23H26N2O4. The van der Waals surface area contributed by atoms with Crippen molar-refractivity contribution in [1.29, 1.82) is 0 Å². The first-order chi connectivity index (χ1) is 14.1. The average molecular weight is 394 g/mol. The lowest BCUT2D eigenvalue weighted by molar-refractivity contribution is 0.0962. The maximum atomic E-state index is 12.8. The quantitative estimate of drug-likeness (QED) is 0.622. The predicted molar refractivity (Wildman–Crippen MR) is 110 cm³/mol. The minimum absolute atomic E-state index is 0.0147. The van der Waals surface area contributed by atoms with E-state index >= 15 is 0 Å². The zero-order valence-electron chi connectivity index (χ0n) is 16.8. The van der Waals surface area contributed by atoms with E-state index in [0.717, 1.165) is 19.3 Å². The molecule has 152 valence electrons. The van der Waals surface area contributed by atoms with Gasteiger partial charge in [-0.3, -0.25) is 10.1 Å². The molecule has 0 spiro atoms. The van der Waals surface area contributed by atoms with Gasteiger partial charge in [-0.05, 0) is 54.5 Å². The Morgan fingerprint density at radius 2 is 2.03 bits per heavy atom. The van der Waals surface area contributed by atoms with Crippen molar-refractivity contribution in [1.82, 2.24) is 5.32 Å². The second-order valence-electron chi connectivity index (χ2n) is 7.77.